The van der Waals surface area contributed by atoms with Gasteiger partial charge in [-0.3, -0.25) is 14.5 Å². The van der Waals surface area contributed by atoms with Gasteiger partial charge >= 0.3 is 0 Å². The number of hydrogen-bond acceptors (Lipinski definition) is 3. The summed E-state index contributed by atoms with van der Waals surface area (Å²) < 4.78 is 13.7. The quantitative estimate of drug-likeness (QED) is 0.511. The minimum Gasteiger partial charge on any atom is -0.351 e. The number of carbonyl (C=O) groups is 2. The van der Waals surface area contributed by atoms with Crippen molar-refractivity contribution in [1.82, 2.24) is 5.32 Å². The Morgan fingerprint density at radius 1 is 1.06 bits per heavy atom. The van der Waals surface area contributed by atoms with E-state index >= 15 is 0 Å². The molecule has 4 nitrogen and oxygen atoms in total. The van der Waals surface area contributed by atoms with Gasteiger partial charge in [0.25, 0.3) is 0 Å². The second-order valence-electron chi connectivity index (χ2n) is 8.30. The standard InChI is InChI=1S/C26H27FN2O2S/c1-18-8-10-19(11-9-18)25(26(31)28-21-5-2-3-6-21)29(22-14-12-20(27)13-15-22)24(30)17-23-7-4-16-32-23/h4,7-16,21,25H,2-3,5-6,17H2,1H3,(H,28,31). The molecule has 166 valence electrons. The molecule has 1 aromatic heterocycles. The normalized spacial score (nSPS) is 14.8. The van der Waals surface area contributed by atoms with E-state index in [2.05, 4.69) is 5.32 Å². The summed E-state index contributed by atoms with van der Waals surface area (Å²) >= 11 is 1.50. The number of rotatable bonds is 7. The average Bonchev–Trinajstić information content (AvgIpc) is 3.48. The molecule has 1 saturated carbocycles. The van der Waals surface area contributed by atoms with Crippen LogP contribution in [0.3, 0.4) is 0 Å². The van der Waals surface area contributed by atoms with Crippen LogP contribution in [0, 0.1) is 12.7 Å². The summed E-state index contributed by atoms with van der Waals surface area (Å²) in [6.45, 7) is 1.98. The first-order valence-corrected chi connectivity index (χ1v) is 11.9. The van der Waals surface area contributed by atoms with Gasteiger partial charge in [-0.2, -0.15) is 0 Å². The molecular weight excluding hydrogens is 423 g/mol. The second kappa shape index (κ2) is 10.1. The number of carbonyl (C=O) groups excluding carboxylic acids is 2. The fourth-order valence-corrected chi connectivity index (χ4v) is 4.90. The van der Waals surface area contributed by atoms with E-state index in [1.165, 1.54) is 28.4 Å². The predicted octanol–water partition coefficient (Wildman–Crippen LogP) is 5.57. The molecule has 0 spiro atoms. The number of amides is 2. The Hall–Kier alpha value is -2.99. The van der Waals surface area contributed by atoms with E-state index in [-0.39, 0.29) is 30.1 Å². The first-order chi connectivity index (χ1) is 15.5. The highest BCUT2D eigenvalue weighted by Crippen LogP contribution is 2.31. The summed E-state index contributed by atoms with van der Waals surface area (Å²) in [6.07, 6.45) is 4.27. The Labute approximate surface area is 192 Å². The highest BCUT2D eigenvalue weighted by atomic mass is 32.1. The molecule has 1 heterocycles. The lowest BCUT2D eigenvalue weighted by Crippen LogP contribution is -2.46. The lowest BCUT2D eigenvalue weighted by Gasteiger charge is -2.32. The van der Waals surface area contributed by atoms with Crippen molar-refractivity contribution < 1.29 is 14.0 Å². The third-order valence-corrected chi connectivity index (χ3v) is 6.76. The summed E-state index contributed by atoms with van der Waals surface area (Å²) in [6, 6.07) is 16.5. The molecule has 0 radical (unpaired) electrons. The average molecular weight is 451 g/mol. The number of hydrogen-bond donors (Lipinski definition) is 1. The number of halogens is 1. The van der Waals surface area contributed by atoms with Gasteiger partial charge in [-0.1, -0.05) is 48.7 Å². The van der Waals surface area contributed by atoms with Crippen molar-refractivity contribution in [3.8, 4) is 0 Å². The highest BCUT2D eigenvalue weighted by molar-refractivity contribution is 7.10. The Morgan fingerprint density at radius 2 is 1.75 bits per heavy atom. The molecule has 2 aromatic carbocycles. The van der Waals surface area contributed by atoms with Crippen LogP contribution in [-0.4, -0.2) is 17.9 Å². The Bertz CT molecular complexity index is 1040. The van der Waals surface area contributed by atoms with Crippen LogP contribution in [0.25, 0.3) is 0 Å². The number of nitrogens with one attached hydrogen (secondary N) is 1. The van der Waals surface area contributed by atoms with Gasteiger partial charge in [0.15, 0.2) is 0 Å². The summed E-state index contributed by atoms with van der Waals surface area (Å²) in [7, 11) is 0. The van der Waals surface area contributed by atoms with Gasteiger partial charge in [0.05, 0.1) is 6.42 Å². The molecule has 2 amide bonds. The summed E-state index contributed by atoms with van der Waals surface area (Å²) in [4.78, 5) is 29.6. The Balaban J connectivity index is 1.74. The number of nitrogens with zero attached hydrogens (tertiary/aromatic N) is 1. The van der Waals surface area contributed by atoms with Crippen LogP contribution in [0.2, 0.25) is 0 Å². The molecule has 32 heavy (non-hydrogen) atoms. The molecule has 1 atom stereocenters. The van der Waals surface area contributed by atoms with Crippen LogP contribution < -0.4 is 10.2 Å². The number of benzene rings is 2. The molecule has 0 bridgehead atoms. The van der Waals surface area contributed by atoms with Crippen molar-refractivity contribution in [1.29, 1.82) is 0 Å². The summed E-state index contributed by atoms with van der Waals surface area (Å²) in [5.41, 5.74) is 2.30. The predicted molar refractivity (Wildman–Crippen MR) is 126 cm³/mol. The van der Waals surface area contributed by atoms with Crippen molar-refractivity contribution in [3.05, 3.63) is 87.9 Å². The smallest absolute Gasteiger partial charge is 0.248 e. The number of anilines is 1. The molecule has 1 aliphatic carbocycles. The fraction of sp³-hybridized carbons (Fsp3) is 0.308. The van der Waals surface area contributed by atoms with Crippen LogP contribution in [-0.2, 0) is 16.0 Å². The van der Waals surface area contributed by atoms with Crippen LogP contribution >= 0.6 is 11.3 Å². The molecule has 1 unspecified atom stereocenters. The SMILES string of the molecule is Cc1ccc(C(C(=O)NC2CCCC2)N(C(=O)Cc2cccs2)c2ccc(F)cc2)cc1. The van der Waals surface area contributed by atoms with Gasteiger partial charge in [-0.15, -0.1) is 11.3 Å². The van der Waals surface area contributed by atoms with E-state index in [4.69, 9.17) is 0 Å². The molecule has 0 aliphatic heterocycles. The molecule has 4 rings (SSSR count). The number of thiophene rings is 1. The molecule has 6 heteroatoms. The van der Waals surface area contributed by atoms with E-state index in [9.17, 15) is 14.0 Å². The van der Waals surface area contributed by atoms with Gasteiger partial charge in [-0.05, 0) is 61.0 Å². The maximum atomic E-state index is 13.7. The molecule has 3 aromatic rings. The van der Waals surface area contributed by atoms with E-state index in [0.29, 0.717) is 5.69 Å². The molecule has 1 aliphatic rings. The van der Waals surface area contributed by atoms with Gasteiger partial charge in [0.2, 0.25) is 11.8 Å². The zero-order valence-corrected chi connectivity index (χ0v) is 18.9. The molecule has 0 saturated heterocycles. The van der Waals surface area contributed by atoms with Crippen molar-refractivity contribution in [2.45, 2.75) is 51.1 Å². The minimum absolute atomic E-state index is 0.123. The van der Waals surface area contributed by atoms with Crippen molar-refractivity contribution in [2.24, 2.45) is 0 Å². The zero-order chi connectivity index (χ0) is 22.5. The topological polar surface area (TPSA) is 49.4 Å². The van der Waals surface area contributed by atoms with Gasteiger partial charge < -0.3 is 5.32 Å². The van der Waals surface area contributed by atoms with Crippen LogP contribution in [0.4, 0.5) is 10.1 Å². The lowest BCUT2D eigenvalue weighted by atomic mass is 10.0. The van der Waals surface area contributed by atoms with Crippen LogP contribution in [0.5, 0.6) is 0 Å². The molecule has 1 N–H and O–H groups in total. The van der Waals surface area contributed by atoms with Crippen molar-refractivity contribution >= 4 is 28.8 Å². The van der Waals surface area contributed by atoms with E-state index < -0.39 is 6.04 Å². The van der Waals surface area contributed by atoms with E-state index in [1.807, 2.05) is 48.7 Å². The first kappa shape index (κ1) is 22.2. The van der Waals surface area contributed by atoms with Gasteiger partial charge in [0.1, 0.15) is 11.9 Å². The monoisotopic (exact) mass is 450 g/mol. The lowest BCUT2D eigenvalue weighted by molar-refractivity contribution is -0.127. The Kier molecular flexibility index (Phi) is 7.00. The Morgan fingerprint density at radius 3 is 2.38 bits per heavy atom. The molecular formula is C26H27FN2O2S. The summed E-state index contributed by atoms with van der Waals surface area (Å²) in [5, 5.41) is 5.09. The van der Waals surface area contributed by atoms with Crippen molar-refractivity contribution in [3.63, 3.8) is 0 Å². The van der Waals surface area contributed by atoms with Crippen LogP contribution in [0.15, 0.2) is 66.0 Å². The summed E-state index contributed by atoms with van der Waals surface area (Å²) in [5.74, 6) is -0.794. The highest BCUT2D eigenvalue weighted by Gasteiger charge is 2.34. The fourth-order valence-electron chi connectivity index (χ4n) is 4.20. The van der Waals surface area contributed by atoms with Gasteiger partial charge in [-0.25, -0.2) is 4.39 Å². The first-order valence-electron chi connectivity index (χ1n) is 11.0. The minimum atomic E-state index is -0.839. The third-order valence-electron chi connectivity index (χ3n) is 5.88. The van der Waals surface area contributed by atoms with Crippen LogP contribution in [0.1, 0.15) is 47.7 Å². The molecule has 1 fully saturated rings. The van der Waals surface area contributed by atoms with E-state index in [1.54, 1.807) is 12.1 Å². The largest absolute Gasteiger partial charge is 0.351 e. The maximum Gasteiger partial charge on any atom is 0.248 e. The van der Waals surface area contributed by atoms with E-state index in [0.717, 1.165) is 41.7 Å². The van der Waals surface area contributed by atoms with Crippen molar-refractivity contribution in [2.75, 3.05) is 4.90 Å². The second-order valence-corrected chi connectivity index (χ2v) is 9.33. The number of aryl methyl sites for hydroxylation is 1. The third kappa shape index (κ3) is 5.25. The zero-order valence-electron chi connectivity index (χ0n) is 18.1. The maximum absolute atomic E-state index is 13.7. The van der Waals surface area contributed by atoms with Gasteiger partial charge in [0, 0.05) is 16.6 Å².